The van der Waals surface area contributed by atoms with Gasteiger partial charge >= 0.3 is 0 Å². The van der Waals surface area contributed by atoms with Crippen LogP contribution in [0.2, 0.25) is 0 Å². The summed E-state index contributed by atoms with van der Waals surface area (Å²) < 4.78 is 3.00. The van der Waals surface area contributed by atoms with Gasteiger partial charge in [-0.1, -0.05) is 30.3 Å². The minimum absolute atomic E-state index is 0.207. The zero-order valence-electron chi connectivity index (χ0n) is 13.7. The van der Waals surface area contributed by atoms with Gasteiger partial charge in [-0.25, -0.2) is 9.61 Å². The average Bonchev–Trinajstić information content (AvgIpc) is 3.30. The lowest BCUT2D eigenvalue weighted by molar-refractivity contribution is 0.874. The molecule has 0 saturated carbocycles. The number of aromatic nitrogens is 8. The van der Waals surface area contributed by atoms with Crippen molar-refractivity contribution in [3.05, 3.63) is 65.0 Å². The van der Waals surface area contributed by atoms with E-state index in [9.17, 15) is 4.79 Å². The normalized spacial score (nSPS) is 11.4. The number of hydrogen-bond donors (Lipinski definition) is 1. The summed E-state index contributed by atoms with van der Waals surface area (Å²) in [6, 6.07) is 11.6. The van der Waals surface area contributed by atoms with E-state index >= 15 is 0 Å². The first-order valence-electron chi connectivity index (χ1n) is 7.92. The third-order valence-electron chi connectivity index (χ3n) is 4.25. The standard InChI is InChI=1S/C17H12N8O/c1-10-13(11-5-3-2-4-6-11)15-21-20-14-12(25(15)23-10)7-8-24(16(14)26)17-18-9-19-22-17/h2-9H,1H3,(H,18,19,22). The van der Waals surface area contributed by atoms with E-state index in [-0.39, 0.29) is 11.1 Å². The maximum Gasteiger partial charge on any atom is 0.287 e. The van der Waals surface area contributed by atoms with Crippen LogP contribution in [0.5, 0.6) is 0 Å². The number of aromatic amines is 1. The van der Waals surface area contributed by atoms with E-state index in [1.54, 1.807) is 16.8 Å². The Kier molecular flexibility index (Phi) is 2.95. The fraction of sp³-hybridized carbons (Fsp3) is 0.0588. The Bertz CT molecular complexity index is 1300. The average molecular weight is 344 g/mol. The molecule has 0 spiro atoms. The molecular formula is C17H12N8O. The van der Waals surface area contributed by atoms with Crippen molar-refractivity contribution in [1.29, 1.82) is 0 Å². The monoisotopic (exact) mass is 344 g/mol. The van der Waals surface area contributed by atoms with Crippen LogP contribution in [0.15, 0.2) is 53.7 Å². The molecule has 0 amide bonds. The summed E-state index contributed by atoms with van der Waals surface area (Å²) in [6.07, 6.45) is 2.95. The zero-order valence-corrected chi connectivity index (χ0v) is 13.7. The van der Waals surface area contributed by atoms with Gasteiger partial charge in [0.1, 0.15) is 11.8 Å². The molecule has 0 unspecified atom stereocenters. The summed E-state index contributed by atoms with van der Waals surface area (Å²) in [7, 11) is 0. The summed E-state index contributed by atoms with van der Waals surface area (Å²) in [5, 5.41) is 19.5. The van der Waals surface area contributed by atoms with E-state index in [0.717, 1.165) is 16.8 Å². The van der Waals surface area contributed by atoms with Crippen LogP contribution in [0.1, 0.15) is 5.69 Å². The Morgan fingerprint density at radius 3 is 2.69 bits per heavy atom. The van der Waals surface area contributed by atoms with Crippen LogP contribution >= 0.6 is 0 Å². The molecule has 1 aromatic carbocycles. The van der Waals surface area contributed by atoms with E-state index in [1.165, 1.54) is 10.9 Å². The number of nitrogens with one attached hydrogen (secondary N) is 1. The highest BCUT2D eigenvalue weighted by molar-refractivity contribution is 5.84. The van der Waals surface area contributed by atoms with Crippen LogP contribution in [0.3, 0.4) is 0 Å². The molecule has 9 nitrogen and oxygen atoms in total. The lowest BCUT2D eigenvalue weighted by atomic mass is 10.1. The molecule has 0 radical (unpaired) electrons. The first kappa shape index (κ1) is 14.5. The molecule has 4 aromatic heterocycles. The number of H-pyrrole nitrogens is 1. The first-order valence-corrected chi connectivity index (χ1v) is 7.92. The molecular weight excluding hydrogens is 332 g/mol. The summed E-state index contributed by atoms with van der Waals surface area (Å²) >= 11 is 0. The molecule has 0 aliphatic rings. The van der Waals surface area contributed by atoms with Gasteiger partial charge in [-0.05, 0) is 18.6 Å². The summed E-state index contributed by atoms with van der Waals surface area (Å²) in [5.74, 6) is 0.320. The fourth-order valence-corrected chi connectivity index (χ4v) is 3.08. The van der Waals surface area contributed by atoms with E-state index in [1.807, 2.05) is 37.3 Å². The largest absolute Gasteiger partial charge is 0.287 e. The highest BCUT2D eigenvalue weighted by Crippen LogP contribution is 2.27. The molecule has 1 N–H and O–H groups in total. The van der Waals surface area contributed by atoms with E-state index < -0.39 is 0 Å². The lowest BCUT2D eigenvalue weighted by Crippen LogP contribution is -2.21. The van der Waals surface area contributed by atoms with Crippen LogP contribution in [-0.2, 0) is 0 Å². The minimum atomic E-state index is -0.344. The van der Waals surface area contributed by atoms with Gasteiger partial charge in [0.15, 0.2) is 11.2 Å². The van der Waals surface area contributed by atoms with Gasteiger partial charge in [-0.15, -0.1) is 10.2 Å². The second-order valence-corrected chi connectivity index (χ2v) is 5.80. The molecule has 4 heterocycles. The smallest absolute Gasteiger partial charge is 0.266 e. The van der Waals surface area contributed by atoms with Crippen molar-refractivity contribution in [3.63, 3.8) is 0 Å². The van der Waals surface area contributed by atoms with Crippen LogP contribution in [0.25, 0.3) is 33.8 Å². The number of benzene rings is 1. The molecule has 0 saturated heterocycles. The molecule has 5 rings (SSSR count). The Morgan fingerprint density at radius 1 is 1.08 bits per heavy atom. The topological polar surface area (TPSA) is 107 Å². The quantitative estimate of drug-likeness (QED) is 0.520. The highest BCUT2D eigenvalue weighted by atomic mass is 16.1. The third kappa shape index (κ3) is 1.97. The number of pyridine rings is 1. The first-order chi connectivity index (χ1) is 12.7. The predicted molar refractivity (Wildman–Crippen MR) is 94.0 cm³/mol. The van der Waals surface area contributed by atoms with Crippen molar-refractivity contribution in [2.45, 2.75) is 6.92 Å². The van der Waals surface area contributed by atoms with Gasteiger partial charge in [0.2, 0.25) is 5.95 Å². The van der Waals surface area contributed by atoms with Crippen molar-refractivity contribution >= 4 is 16.7 Å². The second-order valence-electron chi connectivity index (χ2n) is 5.80. The highest BCUT2D eigenvalue weighted by Gasteiger charge is 2.17. The number of hydrogen-bond acceptors (Lipinski definition) is 6. The number of fused-ring (bicyclic) bond motifs is 3. The molecule has 26 heavy (non-hydrogen) atoms. The zero-order chi connectivity index (χ0) is 17.7. The van der Waals surface area contributed by atoms with Gasteiger partial charge in [-0.2, -0.15) is 15.2 Å². The SMILES string of the molecule is Cc1nn2c(nnc3c(=O)n(-c4ncn[nH]4)ccc32)c1-c1ccccc1. The van der Waals surface area contributed by atoms with Gasteiger partial charge in [-0.3, -0.25) is 9.36 Å². The Balaban J connectivity index is 1.82. The van der Waals surface area contributed by atoms with E-state index in [2.05, 4.69) is 30.5 Å². The number of nitrogens with zero attached hydrogens (tertiary/aromatic N) is 7. The summed E-state index contributed by atoms with van der Waals surface area (Å²) in [4.78, 5) is 16.8. The second kappa shape index (κ2) is 5.31. The van der Waals surface area contributed by atoms with Crippen molar-refractivity contribution in [2.24, 2.45) is 0 Å². The predicted octanol–water partition coefficient (Wildman–Crippen LogP) is 1.52. The Morgan fingerprint density at radius 2 is 1.92 bits per heavy atom. The van der Waals surface area contributed by atoms with Crippen LogP contribution < -0.4 is 5.56 Å². The Hall–Kier alpha value is -3.88. The summed E-state index contributed by atoms with van der Waals surface area (Å²) in [5.41, 5.74) is 3.78. The van der Waals surface area contributed by atoms with Crippen molar-refractivity contribution < 1.29 is 0 Å². The maximum absolute atomic E-state index is 12.8. The minimum Gasteiger partial charge on any atom is -0.266 e. The molecule has 0 aliphatic heterocycles. The van der Waals surface area contributed by atoms with Gasteiger partial charge in [0.05, 0.1) is 11.3 Å². The van der Waals surface area contributed by atoms with Gasteiger partial charge in [0, 0.05) is 6.20 Å². The lowest BCUT2D eigenvalue weighted by Gasteiger charge is -2.04. The molecule has 126 valence electrons. The molecule has 0 bridgehead atoms. The molecule has 5 aromatic rings. The number of rotatable bonds is 2. The van der Waals surface area contributed by atoms with Crippen molar-refractivity contribution in [3.8, 4) is 17.1 Å². The molecule has 0 aliphatic carbocycles. The van der Waals surface area contributed by atoms with Crippen LogP contribution in [0.4, 0.5) is 0 Å². The van der Waals surface area contributed by atoms with E-state index in [0.29, 0.717) is 17.1 Å². The summed E-state index contributed by atoms with van der Waals surface area (Å²) in [6.45, 7) is 1.92. The molecule has 0 fully saturated rings. The van der Waals surface area contributed by atoms with Crippen molar-refractivity contribution in [2.75, 3.05) is 0 Å². The number of aryl methyl sites for hydroxylation is 1. The van der Waals surface area contributed by atoms with Crippen molar-refractivity contribution in [1.82, 2.24) is 39.6 Å². The van der Waals surface area contributed by atoms with Gasteiger partial charge in [0.25, 0.3) is 5.56 Å². The Labute approximate surface area is 146 Å². The maximum atomic E-state index is 12.8. The van der Waals surface area contributed by atoms with E-state index in [4.69, 9.17) is 0 Å². The van der Waals surface area contributed by atoms with Crippen LogP contribution in [0, 0.1) is 6.92 Å². The van der Waals surface area contributed by atoms with Crippen LogP contribution in [-0.4, -0.2) is 39.6 Å². The fourth-order valence-electron chi connectivity index (χ4n) is 3.08. The third-order valence-corrected chi connectivity index (χ3v) is 4.25. The van der Waals surface area contributed by atoms with Gasteiger partial charge < -0.3 is 0 Å². The molecule has 9 heteroatoms. The molecule has 0 atom stereocenters.